The van der Waals surface area contributed by atoms with E-state index in [1.54, 1.807) is 80.6 Å². The fourth-order valence-corrected chi connectivity index (χ4v) is 4.24. The van der Waals surface area contributed by atoms with Crippen LogP contribution < -0.4 is 10.3 Å². The average molecular weight is 550 g/mol. The van der Waals surface area contributed by atoms with Crippen molar-refractivity contribution in [1.82, 2.24) is 9.66 Å². The number of nitrogens with zero attached hydrogens (tertiary/aromatic N) is 3. The van der Waals surface area contributed by atoms with E-state index in [2.05, 4.69) is 10.1 Å². The maximum absolute atomic E-state index is 13.4. The lowest BCUT2D eigenvalue weighted by Gasteiger charge is -2.14. The number of rotatable bonds is 7. The molecule has 5 aromatic rings. The molecule has 0 fully saturated rings. The van der Waals surface area contributed by atoms with Gasteiger partial charge >= 0.3 is 5.97 Å². The van der Waals surface area contributed by atoms with Gasteiger partial charge in [-0.3, -0.25) is 4.79 Å². The Morgan fingerprint density at radius 1 is 1.13 bits per heavy atom. The summed E-state index contributed by atoms with van der Waals surface area (Å²) in [7, 11) is 0. The van der Waals surface area contributed by atoms with Gasteiger partial charge < -0.3 is 13.9 Å². The number of furan rings is 1. The number of esters is 1. The molecular weight excluding hydrogens is 529 g/mol. The number of benzene rings is 3. The normalized spacial score (nSPS) is 12.3. The summed E-state index contributed by atoms with van der Waals surface area (Å²) in [5, 5.41) is 6.43. The Morgan fingerprint density at radius 2 is 1.95 bits per heavy atom. The molecule has 0 radical (unpaired) electrons. The molecule has 0 aliphatic carbocycles. The maximum Gasteiger partial charge on any atom is 0.347 e. The van der Waals surface area contributed by atoms with E-state index in [1.165, 1.54) is 10.9 Å². The lowest BCUT2D eigenvalue weighted by atomic mass is 10.2. The zero-order valence-corrected chi connectivity index (χ0v) is 21.9. The van der Waals surface area contributed by atoms with Crippen LogP contribution in [0.3, 0.4) is 0 Å². The second-order valence-electron chi connectivity index (χ2n) is 8.31. The first-order valence-corrected chi connectivity index (χ1v) is 12.5. The van der Waals surface area contributed by atoms with E-state index in [0.717, 1.165) is 5.39 Å². The van der Waals surface area contributed by atoms with Gasteiger partial charge in [-0.2, -0.15) is 9.78 Å². The molecule has 0 saturated carbocycles. The predicted octanol–water partition coefficient (Wildman–Crippen LogP) is 6.33. The van der Waals surface area contributed by atoms with Gasteiger partial charge in [0.1, 0.15) is 11.3 Å². The topological polar surface area (TPSA) is 95.9 Å². The van der Waals surface area contributed by atoms with Gasteiger partial charge in [0.05, 0.1) is 28.7 Å². The summed E-state index contributed by atoms with van der Waals surface area (Å²) < 4.78 is 17.7. The van der Waals surface area contributed by atoms with Crippen LogP contribution >= 0.6 is 23.2 Å². The van der Waals surface area contributed by atoms with Gasteiger partial charge in [-0.05, 0) is 74.0 Å². The van der Waals surface area contributed by atoms with Crippen LogP contribution in [0.15, 0.2) is 81.0 Å². The second kappa shape index (κ2) is 10.7. The molecule has 8 nitrogen and oxygen atoms in total. The van der Waals surface area contributed by atoms with Gasteiger partial charge in [0.25, 0.3) is 5.56 Å². The molecular formula is C28H21Cl2N3O5. The smallest absolute Gasteiger partial charge is 0.347 e. The first kappa shape index (κ1) is 25.5. The molecule has 0 spiro atoms. The highest BCUT2D eigenvalue weighted by atomic mass is 35.5. The quantitative estimate of drug-likeness (QED) is 0.174. The molecule has 0 aliphatic rings. The molecule has 10 heteroatoms. The average Bonchev–Trinajstić information content (AvgIpc) is 3.32. The molecule has 0 unspecified atom stereocenters. The standard InChI is InChI=1S/C28H21Cl2N3O5/c1-3-36-28(35)16(2)37-24-10-8-17(12-21(24)30)15-31-33-26(32-22-7-5-4-6-20(22)27(33)34)25-14-18-13-19(29)9-11-23(18)38-25/h4-16H,3H2,1-2H3/t16-/m0/s1. The summed E-state index contributed by atoms with van der Waals surface area (Å²) >= 11 is 12.5. The van der Waals surface area contributed by atoms with E-state index in [-0.39, 0.29) is 23.0 Å². The lowest BCUT2D eigenvalue weighted by Crippen LogP contribution is -2.26. The van der Waals surface area contributed by atoms with E-state index in [0.29, 0.717) is 38.6 Å². The van der Waals surface area contributed by atoms with Crippen LogP contribution in [0.2, 0.25) is 10.0 Å². The van der Waals surface area contributed by atoms with Crippen LogP contribution in [-0.4, -0.2) is 34.6 Å². The van der Waals surface area contributed by atoms with E-state index >= 15 is 0 Å². The monoisotopic (exact) mass is 549 g/mol. The van der Waals surface area contributed by atoms with E-state index in [9.17, 15) is 9.59 Å². The lowest BCUT2D eigenvalue weighted by molar-refractivity contribution is -0.150. The highest BCUT2D eigenvalue weighted by Crippen LogP contribution is 2.29. The molecule has 5 rings (SSSR count). The van der Waals surface area contributed by atoms with Crippen molar-refractivity contribution >= 4 is 57.3 Å². The third kappa shape index (κ3) is 5.14. The second-order valence-corrected chi connectivity index (χ2v) is 9.15. The summed E-state index contributed by atoms with van der Waals surface area (Å²) in [6.07, 6.45) is 0.654. The first-order valence-electron chi connectivity index (χ1n) is 11.7. The van der Waals surface area contributed by atoms with Gasteiger partial charge in [-0.15, -0.1) is 0 Å². The van der Waals surface area contributed by atoms with Crippen LogP contribution in [0.1, 0.15) is 19.4 Å². The Balaban J connectivity index is 1.53. The third-order valence-electron chi connectivity index (χ3n) is 5.65. The Labute approximate surface area is 227 Å². The van der Waals surface area contributed by atoms with Crippen LogP contribution in [0.4, 0.5) is 0 Å². The third-order valence-corrected chi connectivity index (χ3v) is 6.18. The van der Waals surface area contributed by atoms with Crippen molar-refractivity contribution in [3.05, 3.63) is 92.7 Å². The Kier molecular flexibility index (Phi) is 7.18. The molecule has 0 bridgehead atoms. The minimum atomic E-state index is -0.824. The van der Waals surface area contributed by atoms with Gasteiger partial charge in [-0.1, -0.05) is 35.3 Å². The minimum absolute atomic E-state index is 0.228. The van der Waals surface area contributed by atoms with Gasteiger partial charge in [0, 0.05) is 10.4 Å². The molecule has 1 atom stereocenters. The number of para-hydroxylation sites is 1. The summed E-state index contributed by atoms with van der Waals surface area (Å²) in [6.45, 7) is 3.55. The molecule has 192 valence electrons. The summed E-state index contributed by atoms with van der Waals surface area (Å²) in [4.78, 5) is 30.0. The summed E-state index contributed by atoms with van der Waals surface area (Å²) in [5.41, 5.74) is 1.34. The van der Waals surface area contributed by atoms with Crippen molar-refractivity contribution in [2.45, 2.75) is 20.0 Å². The number of fused-ring (bicyclic) bond motifs is 2. The molecule has 2 heterocycles. The number of aromatic nitrogens is 2. The molecule has 0 aliphatic heterocycles. The van der Waals surface area contributed by atoms with Crippen LogP contribution in [-0.2, 0) is 9.53 Å². The molecule has 0 amide bonds. The van der Waals surface area contributed by atoms with E-state index in [4.69, 9.17) is 37.1 Å². The summed E-state index contributed by atoms with van der Waals surface area (Å²) in [5.74, 6) is 0.414. The van der Waals surface area contributed by atoms with Crippen molar-refractivity contribution in [2.75, 3.05) is 6.61 Å². The van der Waals surface area contributed by atoms with E-state index < -0.39 is 12.1 Å². The highest BCUT2D eigenvalue weighted by Gasteiger charge is 2.18. The first-order chi connectivity index (χ1) is 18.3. The number of carbonyl (C=O) groups is 1. The number of ether oxygens (including phenoxy) is 2. The van der Waals surface area contributed by atoms with Gasteiger partial charge in [-0.25, -0.2) is 9.78 Å². The van der Waals surface area contributed by atoms with Crippen LogP contribution in [0.5, 0.6) is 5.75 Å². The molecule has 0 N–H and O–H groups in total. The highest BCUT2D eigenvalue weighted by molar-refractivity contribution is 6.32. The zero-order valence-electron chi connectivity index (χ0n) is 20.4. The predicted molar refractivity (Wildman–Crippen MR) is 147 cm³/mol. The Morgan fingerprint density at radius 3 is 2.74 bits per heavy atom. The summed E-state index contributed by atoms with van der Waals surface area (Å²) in [6, 6.07) is 18.9. The molecule has 38 heavy (non-hydrogen) atoms. The Bertz CT molecular complexity index is 1760. The molecule has 3 aromatic carbocycles. The van der Waals surface area contributed by atoms with Crippen LogP contribution in [0, 0.1) is 0 Å². The number of hydrogen-bond acceptors (Lipinski definition) is 7. The fourth-order valence-electron chi connectivity index (χ4n) is 3.83. The largest absolute Gasteiger partial charge is 0.477 e. The molecule has 0 saturated heterocycles. The number of halogens is 2. The SMILES string of the molecule is CCOC(=O)[C@H](C)Oc1ccc(C=Nn2c(-c3cc4cc(Cl)ccc4o3)nc3ccccc3c2=O)cc1Cl. The van der Waals surface area contributed by atoms with Gasteiger partial charge in [0.2, 0.25) is 5.82 Å². The van der Waals surface area contributed by atoms with Crippen molar-refractivity contribution < 1.29 is 18.7 Å². The minimum Gasteiger partial charge on any atom is -0.477 e. The molecule has 2 aromatic heterocycles. The van der Waals surface area contributed by atoms with Crippen molar-refractivity contribution in [2.24, 2.45) is 5.10 Å². The Hall–Kier alpha value is -4.14. The zero-order chi connectivity index (χ0) is 26.8. The van der Waals surface area contributed by atoms with Crippen molar-refractivity contribution in [3.63, 3.8) is 0 Å². The van der Waals surface area contributed by atoms with Crippen molar-refractivity contribution in [3.8, 4) is 17.3 Å². The van der Waals surface area contributed by atoms with E-state index in [1.807, 2.05) is 0 Å². The fraction of sp³-hybridized carbons (Fsp3) is 0.143. The number of hydrogen-bond donors (Lipinski definition) is 0. The van der Waals surface area contributed by atoms with Crippen LogP contribution in [0.25, 0.3) is 33.5 Å². The number of carbonyl (C=O) groups excluding carboxylic acids is 1. The van der Waals surface area contributed by atoms with Crippen molar-refractivity contribution in [1.29, 1.82) is 0 Å². The van der Waals surface area contributed by atoms with Gasteiger partial charge in [0.15, 0.2) is 11.9 Å². The maximum atomic E-state index is 13.4.